The Morgan fingerprint density at radius 1 is 0.905 bits per heavy atom. The predicted molar refractivity (Wildman–Crippen MR) is 271 cm³/mol. The van der Waals surface area contributed by atoms with E-state index in [-0.39, 0.29) is 93.2 Å². The molecule has 1 fully saturated rings. The summed E-state index contributed by atoms with van der Waals surface area (Å²) in [5.74, 6) is -5.26. The molecule has 0 unspecified atom stereocenters. The normalized spacial score (nSPS) is 17.0. The molecule has 25 heteroatoms. The van der Waals surface area contributed by atoms with Crippen LogP contribution in [0.15, 0.2) is 85.6 Å². The van der Waals surface area contributed by atoms with Crippen LogP contribution in [0.1, 0.15) is 61.0 Å². The van der Waals surface area contributed by atoms with E-state index in [9.17, 15) is 58.2 Å². The molecule has 5 rings (SSSR count). The van der Waals surface area contributed by atoms with Crippen LogP contribution >= 0.6 is 11.8 Å². The van der Waals surface area contributed by atoms with Gasteiger partial charge in [0, 0.05) is 36.7 Å². The fourth-order valence-corrected chi connectivity index (χ4v) is 8.75. The van der Waals surface area contributed by atoms with Gasteiger partial charge in [-0.3, -0.25) is 38.4 Å². The standard InChI is InChI=1S/C49H61N11O13S/c1-6-38(63)56-25-57(39(64)7-2)27-58(26-56)40(65)18-20-74-24-37(62)55-41(28(3)4)45(68)54-34(9-8-19-52-48(51)71)44(67)53-32-14-11-30(12-15-32)23-73-49(72)60-42-33(16-10-29(5)43(42)66)46(69)59-22-31(13-17-36(50)61)21-35(59)47(60)70/h6-7,10-17,22,28,34-35,41,47,66,70H,1-2,8-9,18-21,23-27H2,3-5H3,(H2,50,61)(H,53,67)(H,54,68)(H,55,62)(H3,51,52,71)/b17-13+/t34-,35-,41-,47-/m0/s1. The van der Waals surface area contributed by atoms with E-state index in [0.717, 1.165) is 34.9 Å². The number of nitrogens with two attached hydrogens (primary N) is 2. The summed E-state index contributed by atoms with van der Waals surface area (Å²) in [5, 5.41) is 33.3. The number of phenolic OH excluding ortho intramolecular Hbond substituents is 1. The first-order valence-electron chi connectivity index (χ1n) is 23.3. The molecule has 0 saturated carbocycles. The summed E-state index contributed by atoms with van der Waals surface area (Å²) in [6, 6.07) is 4.93. The van der Waals surface area contributed by atoms with Gasteiger partial charge in [0.05, 0.1) is 37.4 Å². The van der Waals surface area contributed by atoms with E-state index >= 15 is 0 Å². The molecule has 0 aliphatic carbocycles. The van der Waals surface area contributed by atoms with E-state index < -0.39 is 89.5 Å². The second-order valence-electron chi connectivity index (χ2n) is 17.7. The number of carbonyl (C=O) groups excluding carboxylic acids is 10. The Bertz CT molecular complexity index is 2580. The number of aromatic hydroxyl groups is 1. The number of aliphatic hydroxyl groups is 1. The van der Waals surface area contributed by atoms with E-state index in [1.54, 1.807) is 20.8 Å². The van der Waals surface area contributed by atoms with E-state index in [4.69, 9.17) is 16.2 Å². The van der Waals surface area contributed by atoms with E-state index in [1.165, 1.54) is 68.3 Å². The molecule has 2 aromatic carbocycles. The molecule has 11 amide bonds. The van der Waals surface area contributed by atoms with Crippen LogP contribution in [0.4, 0.5) is 21.0 Å². The van der Waals surface area contributed by atoms with Crippen molar-refractivity contribution in [3.8, 4) is 5.75 Å². The molecule has 1 saturated heterocycles. The van der Waals surface area contributed by atoms with Crippen molar-refractivity contribution in [2.75, 3.05) is 48.3 Å². The lowest BCUT2D eigenvalue weighted by Gasteiger charge is -2.41. The summed E-state index contributed by atoms with van der Waals surface area (Å²) in [5.41, 5.74) is 11.6. The molecule has 0 radical (unpaired) electrons. The highest BCUT2D eigenvalue weighted by Gasteiger charge is 2.46. The van der Waals surface area contributed by atoms with Gasteiger partial charge in [0.25, 0.3) is 5.91 Å². The summed E-state index contributed by atoms with van der Waals surface area (Å²) in [6.45, 7) is 11.5. The number of ether oxygens (including phenoxy) is 1. The first-order valence-corrected chi connectivity index (χ1v) is 24.5. The highest BCUT2D eigenvalue weighted by atomic mass is 32.2. The van der Waals surface area contributed by atoms with Gasteiger partial charge in [-0.1, -0.05) is 51.3 Å². The van der Waals surface area contributed by atoms with Gasteiger partial charge in [0.15, 0.2) is 6.23 Å². The van der Waals surface area contributed by atoms with Gasteiger partial charge in [-0.25, -0.2) is 14.5 Å². The van der Waals surface area contributed by atoms with Crippen LogP contribution in [-0.4, -0.2) is 152 Å². The molecule has 2 aromatic rings. The Hall–Kier alpha value is -8.19. The number of fused-ring (bicyclic) bond motifs is 2. The molecule has 3 aliphatic heterocycles. The molecule has 3 aliphatic rings. The number of nitrogens with one attached hydrogen (secondary N) is 4. The van der Waals surface area contributed by atoms with Crippen LogP contribution in [-0.2, 0) is 44.9 Å². The third kappa shape index (κ3) is 14.7. The number of primary amides is 2. The van der Waals surface area contributed by atoms with Gasteiger partial charge in [-0.05, 0) is 79.2 Å². The molecule has 74 heavy (non-hydrogen) atoms. The largest absolute Gasteiger partial charge is 0.505 e. The molecule has 396 valence electrons. The number of phenols is 1. The molecule has 0 aromatic heterocycles. The van der Waals surface area contributed by atoms with E-state index in [0.29, 0.717) is 16.7 Å². The number of benzene rings is 2. The van der Waals surface area contributed by atoms with Crippen molar-refractivity contribution in [3.05, 3.63) is 102 Å². The number of carbonyl (C=O) groups is 10. The van der Waals surface area contributed by atoms with Crippen molar-refractivity contribution in [1.29, 1.82) is 0 Å². The Kier molecular flexibility index (Phi) is 19.9. The maximum Gasteiger partial charge on any atom is 0.416 e. The van der Waals surface area contributed by atoms with Crippen LogP contribution in [0.3, 0.4) is 0 Å². The van der Waals surface area contributed by atoms with Gasteiger partial charge in [0.2, 0.25) is 41.4 Å². The number of aliphatic hydroxyl groups excluding tert-OH is 1. The van der Waals surface area contributed by atoms with Crippen LogP contribution in [0, 0.1) is 12.8 Å². The van der Waals surface area contributed by atoms with E-state index in [1.807, 2.05) is 0 Å². The smallest absolute Gasteiger partial charge is 0.416 e. The van der Waals surface area contributed by atoms with Crippen LogP contribution < -0.4 is 37.6 Å². The van der Waals surface area contributed by atoms with Gasteiger partial charge >= 0.3 is 12.1 Å². The first kappa shape index (κ1) is 56.7. The quantitative estimate of drug-likeness (QED) is 0.0644. The molecule has 3 heterocycles. The summed E-state index contributed by atoms with van der Waals surface area (Å²) < 4.78 is 5.61. The summed E-state index contributed by atoms with van der Waals surface area (Å²) >= 11 is 1.13. The molecule has 4 atom stereocenters. The maximum absolute atomic E-state index is 13.8. The van der Waals surface area contributed by atoms with Crippen molar-refractivity contribution in [2.45, 2.75) is 77.4 Å². The van der Waals surface area contributed by atoms with Crippen molar-refractivity contribution < 1.29 is 62.9 Å². The zero-order valence-corrected chi connectivity index (χ0v) is 41.9. The molecule has 0 bridgehead atoms. The molecule has 10 N–H and O–H groups in total. The van der Waals surface area contributed by atoms with Gasteiger partial charge in [0.1, 0.15) is 30.1 Å². The number of hydrogen-bond acceptors (Lipinski definition) is 14. The molecular formula is C49H61N11O13S. The third-order valence-electron chi connectivity index (χ3n) is 11.9. The Balaban J connectivity index is 1.18. The van der Waals surface area contributed by atoms with Crippen LogP contribution in [0.5, 0.6) is 5.75 Å². The molecule has 24 nitrogen and oxygen atoms in total. The highest BCUT2D eigenvalue weighted by molar-refractivity contribution is 7.99. The number of hydrogen-bond donors (Lipinski definition) is 8. The van der Waals surface area contributed by atoms with Crippen molar-refractivity contribution in [2.24, 2.45) is 17.4 Å². The number of allylic oxidation sites excluding steroid dienone is 1. The zero-order chi connectivity index (χ0) is 54.4. The monoisotopic (exact) mass is 1040 g/mol. The average molecular weight is 1040 g/mol. The fourth-order valence-electron chi connectivity index (χ4n) is 8.02. The van der Waals surface area contributed by atoms with Crippen molar-refractivity contribution >= 4 is 82.5 Å². The number of nitrogens with zero attached hydrogens (tertiary/aromatic N) is 5. The van der Waals surface area contributed by atoms with E-state index in [2.05, 4.69) is 34.4 Å². The number of aryl methyl sites for hydroxylation is 1. The second-order valence-corrected chi connectivity index (χ2v) is 18.8. The predicted octanol–water partition coefficient (Wildman–Crippen LogP) is 1.20. The lowest BCUT2D eigenvalue weighted by Crippen LogP contribution is -2.59. The van der Waals surface area contributed by atoms with Crippen LogP contribution in [0.2, 0.25) is 0 Å². The topological polar surface area (TPSA) is 337 Å². The molecular weight excluding hydrogens is 983 g/mol. The SMILES string of the molecule is C=CC(=O)N1CN(C(=O)C=C)CN(C(=O)CCSCC(=O)N[C@H](C(=O)N[C@@H](CCCNC(N)=O)C(=O)Nc2ccc(COC(=O)N3c4c(ccc(C)c4O)C(=O)N4C=C(/C=C/C(N)=O)C[C@H]4[C@@H]3O)cc2)C(C)C)C1. The van der Waals surface area contributed by atoms with Crippen molar-refractivity contribution in [3.63, 3.8) is 0 Å². The number of thioether (sulfide) groups is 1. The molecule has 0 spiro atoms. The lowest BCUT2D eigenvalue weighted by molar-refractivity contribution is -0.154. The van der Waals surface area contributed by atoms with Crippen molar-refractivity contribution in [1.82, 2.24) is 35.6 Å². The van der Waals surface area contributed by atoms with Gasteiger partial charge in [-0.15, -0.1) is 0 Å². The van der Waals surface area contributed by atoms with Gasteiger partial charge < -0.3 is 67.3 Å². The summed E-state index contributed by atoms with van der Waals surface area (Å²) in [4.78, 5) is 135. The summed E-state index contributed by atoms with van der Waals surface area (Å²) in [6.07, 6.45) is 3.54. The number of amides is 11. The number of urea groups is 1. The minimum Gasteiger partial charge on any atom is -0.505 e. The zero-order valence-electron chi connectivity index (χ0n) is 41.1. The average Bonchev–Trinajstić information content (AvgIpc) is 3.78. The minimum absolute atomic E-state index is 0.0227. The lowest BCUT2D eigenvalue weighted by atomic mass is 10.0. The third-order valence-corrected chi connectivity index (χ3v) is 12.9. The second kappa shape index (κ2) is 26.0. The Morgan fingerprint density at radius 3 is 2.16 bits per heavy atom. The van der Waals surface area contributed by atoms with Gasteiger partial charge in [-0.2, -0.15) is 11.8 Å². The number of anilines is 2. The minimum atomic E-state index is -1.71. The summed E-state index contributed by atoms with van der Waals surface area (Å²) in [7, 11) is 0. The Labute approximate surface area is 430 Å². The first-order chi connectivity index (χ1) is 35.1. The van der Waals surface area contributed by atoms with Crippen LogP contribution in [0.25, 0.3) is 0 Å². The highest BCUT2D eigenvalue weighted by Crippen LogP contribution is 2.42. The maximum atomic E-state index is 13.8. The fraction of sp³-hybridized carbons (Fsp3) is 0.388. The Morgan fingerprint density at radius 2 is 1.55 bits per heavy atom. The number of rotatable bonds is 21.